The third-order valence-electron chi connectivity index (χ3n) is 6.56. The number of amides is 2. The van der Waals surface area contributed by atoms with Crippen LogP contribution in [0, 0.1) is 11.3 Å². The van der Waals surface area contributed by atoms with Gasteiger partial charge in [-0.05, 0) is 39.0 Å². The Morgan fingerprint density at radius 2 is 1.81 bits per heavy atom. The number of nitrogens with one attached hydrogen (secondary N) is 1. The van der Waals surface area contributed by atoms with Crippen molar-refractivity contribution in [2.75, 3.05) is 11.4 Å². The molecule has 2 aliphatic heterocycles. The zero-order valence-electron chi connectivity index (χ0n) is 20.4. The van der Waals surface area contributed by atoms with Gasteiger partial charge in [0, 0.05) is 29.2 Å². The van der Waals surface area contributed by atoms with Crippen molar-refractivity contribution in [1.82, 2.24) is 9.88 Å². The Hall–Kier alpha value is -4.58. The van der Waals surface area contributed by atoms with Gasteiger partial charge in [0.05, 0.1) is 11.1 Å². The van der Waals surface area contributed by atoms with Crippen LogP contribution in [-0.4, -0.2) is 28.5 Å². The lowest BCUT2D eigenvalue weighted by Crippen LogP contribution is -2.52. The number of ether oxygens (including phenoxy) is 1. The van der Waals surface area contributed by atoms with Crippen LogP contribution in [-0.2, 0) is 22.1 Å². The molecular formula is C27H25N5O4. The number of nitrogens with zero attached hydrogens (tertiary/aromatic N) is 3. The van der Waals surface area contributed by atoms with Gasteiger partial charge in [-0.15, -0.1) is 0 Å². The lowest BCUT2D eigenvalue weighted by molar-refractivity contribution is -0.125. The zero-order chi connectivity index (χ0) is 26.0. The van der Waals surface area contributed by atoms with Gasteiger partial charge in [-0.1, -0.05) is 30.3 Å². The Kier molecular flexibility index (Phi) is 4.97. The highest BCUT2D eigenvalue weighted by Crippen LogP contribution is 2.55. The number of benzene rings is 2. The van der Waals surface area contributed by atoms with Gasteiger partial charge in [0.2, 0.25) is 17.7 Å². The summed E-state index contributed by atoms with van der Waals surface area (Å²) in [5.41, 5.74) is 4.63. The molecular weight excluding hydrogens is 458 g/mol. The number of para-hydroxylation sites is 2. The van der Waals surface area contributed by atoms with Crippen molar-refractivity contribution in [2.45, 2.75) is 31.7 Å². The van der Waals surface area contributed by atoms with E-state index in [9.17, 15) is 19.6 Å². The highest BCUT2D eigenvalue weighted by Gasteiger charge is 2.61. The molecule has 0 saturated carbocycles. The number of fused-ring (bicyclic) bond motifs is 6. The molecule has 5 rings (SSSR count). The Morgan fingerprint density at radius 3 is 2.50 bits per heavy atom. The fourth-order valence-electron chi connectivity index (χ4n) is 5.21. The van der Waals surface area contributed by atoms with Gasteiger partial charge in [0.25, 0.3) is 5.56 Å². The average Bonchev–Trinajstić information content (AvgIpc) is 3.05. The molecule has 3 N–H and O–H groups in total. The van der Waals surface area contributed by atoms with E-state index in [1.165, 1.54) is 9.47 Å². The summed E-state index contributed by atoms with van der Waals surface area (Å²) in [6, 6.07) is 16.0. The van der Waals surface area contributed by atoms with E-state index in [-0.39, 0.29) is 35.2 Å². The van der Waals surface area contributed by atoms with Crippen LogP contribution >= 0.6 is 0 Å². The highest BCUT2D eigenvalue weighted by atomic mass is 16.5. The monoisotopic (exact) mass is 483 g/mol. The minimum Gasteiger partial charge on any atom is -0.439 e. The lowest BCUT2D eigenvalue weighted by atomic mass is 9.69. The third-order valence-corrected chi connectivity index (χ3v) is 6.56. The van der Waals surface area contributed by atoms with E-state index < -0.39 is 22.4 Å². The second kappa shape index (κ2) is 7.71. The Bertz CT molecular complexity index is 1610. The number of pyridine rings is 1. The van der Waals surface area contributed by atoms with E-state index in [1.807, 2.05) is 26.8 Å². The van der Waals surface area contributed by atoms with Gasteiger partial charge in [0.1, 0.15) is 23.9 Å². The Balaban J connectivity index is 1.85. The summed E-state index contributed by atoms with van der Waals surface area (Å²) in [5, 5.41) is 13.7. The SMILES string of the molecule is Cn1c(=O)c2c(c3ccccc31)OC(N)=C(C#N)C21C(=O)N(CC(=O)NC(C)(C)C)c2ccccc21. The topological polar surface area (TPSA) is 130 Å². The molecule has 9 nitrogen and oxygen atoms in total. The molecule has 0 bridgehead atoms. The third kappa shape index (κ3) is 3.04. The second-order valence-corrected chi connectivity index (χ2v) is 10.00. The summed E-state index contributed by atoms with van der Waals surface area (Å²) in [6.45, 7) is 5.23. The largest absolute Gasteiger partial charge is 0.439 e. The molecule has 2 aromatic carbocycles. The molecule has 0 saturated heterocycles. The number of nitrogens with two attached hydrogens (primary N) is 1. The predicted molar refractivity (Wildman–Crippen MR) is 134 cm³/mol. The van der Waals surface area contributed by atoms with Gasteiger partial charge < -0.3 is 25.3 Å². The molecule has 0 aliphatic carbocycles. The van der Waals surface area contributed by atoms with E-state index in [2.05, 4.69) is 5.32 Å². The zero-order valence-corrected chi connectivity index (χ0v) is 20.4. The van der Waals surface area contributed by atoms with Crippen molar-refractivity contribution in [1.29, 1.82) is 5.26 Å². The van der Waals surface area contributed by atoms with E-state index in [4.69, 9.17) is 10.5 Å². The van der Waals surface area contributed by atoms with Crippen LogP contribution in [0.1, 0.15) is 31.9 Å². The van der Waals surface area contributed by atoms with Crippen LogP contribution in [0.2, 0.25) is 0 Å². The smallest absolute Gasteiger partial charge is 0.259 e. The molecule has 3 aromatic rings. The quantitative estimate of drug-likeness (QED) is 0.575. The number of hydrogen-bond donors (Lipinski definition) is 2. The van der Waals surface area contributed by atoms with Crippen molar-refractivity contribution in [2.24, 2.45) is 12.8 Å². The predicted octanol–water partition coefficient (Wildman–Crippen LogP) is 2.17. The normalized spacial score (nSPS) is 18.6. The molecule has 9 heteroatoms. The molecule has 1 unspecified atom stereocenters. The molecule has 3 heterocycles. The summed E-state index contributed by atoms with van der Waals surface area (Å²) in [7, 11) is 1.60. The van der Waals surface area contributed by atoms with Gasteiger partial charge in [-0.25, -0.2) is 0 Å². The summed E-state index contributed by atoms with van der Waals surface area (Å²) in [6.07, 6.45) is 0. The van der Waals surface area contributed by atoms with Crippen LogP contribution in [0.5, 0.6) is 5.75 Å². The fraction of sp³-hybridized carbons (Fsp3) is 0.259. The van der Waals surface area contributed by atoms with Crippen LogP contribution in [0.3, 0.4) is 0 Å². The van der Waals surface area contributed by atoms with Gasteiger partial charge in [-0.2, -0.15) is 5.26 Å². The first-order valence-electron chi connectivity index (χ1n) is 11.4. The van der Waals surface area contributed by atoms with Crippen molar-refractivity contribution < 1.29 is 14.3 Å². The molecule has 1 spiro atoms. The molecule has 0 fully saturated rings. The maximum atomic E-state index is 14.4. The molecule has 182 valence electrons. The van der Waals surface area contributed by atoms with Crippen LogP contribution in [0.15, 0.2) is 64.8 Å². The van der Waals surface area contributed by atoms with Crippen LogP contribution < -0.4 is 26.2 Å². The van der Waals surface area contributed by atoms with Crippen molar-refractivity contribution >= 4 is 28.4 Å². The van der Waals surface area contributed by atoms with E-state index in [0.29, 0.717) is 22.2 Å². The van der Waals surface area contributed by atoms with Gasteiger partial charge in [0.15, 0.2) is 5.41 Å². The molecule has 2 amide bonds. The molecule has 1 aromatic heterocycles. The van der Waals surface area contributed by atoms with Crippen LogP contribution in [0.25, 0.3) is 10.9 Å². The maximum absolute atomic E-state index is 14.4. The number of aryl methyl sites for hydroxylation is 1. The summed E-state index contributed by atoms with van der Waals surface area (Å²) in [5.74, 6) is -1.11. The minimum absolute atomic E-state index is 0.00521. The standard InChI is InChI=1S/C27H25N5O4/c1-26(2,3)30-20(33)14-32-19-12-8-6-10-16(19)27(25(32)35)17(13-28)23(29)36-22-15-9-5-7-11-18(15)31(4)24(34)21(22)27/h5-12H,14,29H2,1-4H3,(H,30,33). The first-order chi connectivity index (χ1) is 17.0. The number of carbonyl (C=O) groups is 2. The fourth-order valence-corrected chi connectivity index (χ4v) is 5.21. The summed E-state index contributed by atoms with van der Waals surface area (Å²) in [4.78, 5) is 42.5. The van der Waals surface area contributed by atoms with E-state index in [1.54, 1.807) is 55.6 Å². The minimum atomic E-state index is -1.86. The van der Waals surface area contributed by atoms with Crippen molar-refractivity contribution in [3.63, 3.8) is 0 Å². The number of hydrogen-bond acceptors (Lipinski definition) is 6. The van der Waals surface area contributed by atoms with Gasteiger partial charge in [-0.3, -0.25) is 14.4 Å². The Labute approximate surface area is 207 Å². The first-order valence-corrected chi connectivity index (χ1v) is 11.4. The van der Waals surface area contributed by atoms with E-state index in [0.717, 1.165) is 0 Å². The van der Waals surface area contributed by atoms with Crippen LogP contribution in [0.4, 0.5) is 5.69 Å². The molecule has 36 heavy (non-hydrogen) atoms. The van der Waals surface area contributed by atoms with Gasteiger partial charge >= 0.3 is 0 Å². The molecule has 2 aliphatic rings. The second-order valence-electron chi connectivity index (χ2n) is 10.00. The van der Waals surface area contributed by atoms with Crippen molar-refractivity contribution in [3.8, 4) is 11.8 Å². The number of carbonyl (C=O) groups excluding carboxylic acids is 2. The maximum Gasteiger partial charge on any atom is 0.259 e. The average molecular weight is 484 g/mol. The van der Waals surface area contributed by atoms with E-state index >= 15 is 0 Å². The highest BCUT2D eigenvalue weighted by molar-refractivity contribution is 6.16. The number of aromatic nitrogens is 1. The van der Waals surface area contributed by atoms with Crippen molar-refractivity contribution in [3.05, 3.63) is 81.5 Å². The molecule has 1 atom stereocenters. The number of nitriles is 1. The number of rotatable bonds is 2. The molecule has 0 radical (unpaired) electrons. The number of anilines is 1. The summed E-state index contributed by atoms with van der Waals surface area (Å²) < 4.78 is 7.32. The summed E-state index contributed by atoms with van der Waals surface area (Å²) >= 11 is 0. The lowest BCUT2D eigenvalue weighted by Gasteiger charge is -2.34. The first kappa shape index (κ1) is 23.2. The Morgan fingerprint density at radius 1 is 1.14 bits per heavy atom.